The molecule has 0 aromatic heterocycles. The number of anilines is 2. The maximum atomic E-state index is 13.3. The number of rotatable bonds is 6. The predicted octanol–water partition coefficient (Wildman–Crippen LogP) is 1.83. The monoisotopic (exact) mass is 264 g/mol. The Bertz CT molecular complexity index is 402. The van der Waals surface area contributed by atoms with Gasteiger partial charge in [0.15, 0.2) is 11.6 Å². The molecule has 0 atom stereocenters. The van der Waals surface area contributed by atoms with Gasteiger partial charge in [-0.15, -0.1) is 0 Å². The van der Waals surface area contributed by atoms with Crippen molar-refractivity contribution >= 4 is 11.4 Å². The molecule has 0 radical (unpaired) electrons. The van der Waals surface area contributed by atoms with Gasteiger partial charge in [0, 0.05) is 25.2 Å². The average Bonchev–Trinajstić information content (AvgIpc) is 2.29. The van der Waals surface area contributed by atoms with Gasteiger partial charge < -0.3 is 20.5 Å². The van der Waals surface area contributed by atoms with Crippen LogP contribution in [0.15, 0.2) is 12.1 Å². The Balaban J connectivity index is 3.10. The van der Waals surface area contributed by atoms with E-state index in [1.54, 1.807) is 11.8 Å². The highest BCUT2D eigenvalue weighted by atomic mass is 19.3. The minimum atomic E-state index is -3.11. The molecule has 0 bridgehead atoms. The summed E-state index contributed by atoms with van der Waals surface area (Å²) in [5.74, 6) is -1.51. The number of nitrogen functional groups attached to an aromatic ring is 1. The topological polar surface area (TPSA) is 58.7 Å². The van der Waals surface area contributed by atoms with Crippen LogP contribution >= 0.6 is 0 Å². The van der Waals surface area contributed by atoms with Crippen LogP contribution in [-0.2, 0) is 0 Å². The van der Waals surface area contributed by atoms with Crippen molar-refractivity contribution in [2.45, 2.75) is 13.5 Å². The molecule has 0 saturated carbocycles. The van der Waals surface area contributed by atoms with E-state index in [0.29, 0.717) is 12.2 Å². The van der Waals surface area contributed by atoms with Crippen LogP contribution < -0.4 is 15.4 Å². The van der Waals surface area contributed by atoms with Gasteiger partial charge in [0.2, 0.25) is 0 Å². The molecule has 4 nitrogen and oxygen atoms in total. The van der Waals surface area contributed by atoms with E-state index < -0.39 is 18.2 Å². The molecule has 7 heteroatoms. The van der Waals surface area contributed by atoms with E-state index in [1.165, 1.54) is 0 Å². The fourth-order valence-corrected chi connectivity index (χ4v) is 1.59. The molecule has 0 heterocycles. The van der Waals surface area contributed by atoms with E-state index in [9.17, 15) is 13.2 Å². The van der Waals surface area contributed by atoms with E-state index in [4.69, 9.17) is 10.8 Å². The van der Waals surface area contributed by atoms with Crippen LogP contribution in [0.2, 0.25) is 0 Å². The maximum Gasteiger partial charge on any atom is 0.387 e. The van der Waals surface area contributed by atoms with Gasteiger partial charge in [0.25, 0.3) is 0 Å². The van der Waals surface area contributed by atoms with Crippen LogP contribution in [-0.4, -0.2) is 31.4 Å². The Hall–Kier alpha value is -1.63. The molecule has 102 valence electrons. The van der Waals surface area contributed by atoms with Crippen molar-refractivity contribution in [2.75, 3.05) is 30.3 Å². The van der Waals surface area contributed by atoms with Crippen molar-refractivity contribution in [3.63, 3.8) is 0 Å². The van der Waals surface area contributed by atoms with Crippen LogP contribution in [0.5, 0.6) is 5.75 Å². The number of likely N-dealkylation sites (N-methyl/N-ethyl adjacent to an activating group) is 1. The molecular formula is C11H15F3N2O2. The first-order valence-electron chi connectivity index (χ1n) is 5.39. The summed E-state index contributed by atoms with van der Waals surface area (Å²) in [6, 6.07) is 2.03. The Morgan fingerprint density at radius 1 is 1.44 bits per heavy atom. The lowest BCUT2D eigenvalue weighted by Crippen LogP contribution is -2.27. The normalized spacial score (nSPS) is 10.8. The summed E-state index contributed by atoms with van der Waals surface area (Å²) in [5.41, 5.74) is 6.07. The second-order valence-corrected chi connectivity index (χ2v) is 3.52. The zero-order valence-corrected chi connectivity index (χ0v) is 9.87. The minimum Gasteiger partial charge on any atom is -0.432 e. The molecular weight excluding hydrogens is 249 g/mol. The van der Waals surface area contributed by atoms with E-state index in [0.717, 1.165) is 12.1 Å². The number of ether oxygens (including phenoxy) is 1. The van der Waals surface area contributed by atoms with Crippen LogP contribution in [0, 0.1) is 5.82 Å². The highest BCUT2D eigenvalue weighted by Crippen LogP contribution is 2.31. The van der Waals surface area contributed by atoms with Crippen LogP contribution in [0.1, 0.15) is 6.92 Å². The van der Waals surface area contributed by atoms with Gasteiger partial charge in [0.1, 0.15) is 0 Å². The molecule has 0 fully saturated rings. The third-order valence-electron chi connectivity index (χ3n) is 2.39. The summed E-state index contributed by atoms with van der Waals surface area (Å²) in [7, 11) is 0. The minimum absolute atomic E-state index is 0.101. The Labute approximate surface area is 103 Å². The summed E-state index contributed by atoms with van der Waals surface area (Å²) >= 11 is 0. The summed E-state index contributed by atoms with van der Waals surface area (Å²) in [5, 5.41) is 8.88. The molecule has 1 rings (SSSR count). The summed E-state index contributed by atoms with van der Waals surface area (Å²) in [6.07, 6.45) is 0. The lowest BCUT2D eigenvalue weighted by atomic mass is 10.2. The lowest BCUT2D eigenvalue weighted by Gasteiger charge is -2.24. The molecule has 1 aromatic rings. The second-order valence-electron chi connectivity index (χ2n) is 3.52. The highest BCUT2D eigenvalue weighted by Gasteiger charge is 2.16. The van der Waals surface area contributed by atoms with Gasteiger partial charge in [0.05, 0.1) is 18.0 Å². The first-order chi connectivity index (χ1) is 8.49. The van der Waals surface area contributed by atoms with E-state index in [-0.39, 0.29) is 18.8 Å². The number of alkyl halides is 2. The van der Waals surface area contributed by atoms with Crippen LogP contribution in [0.25, 0.3) is 0 Å². The molecule has 0 unspecified atom stereocenters. The molecule has 0 aliphatic rings. The lowest BCUT2D eigenvalue weighted by molar-refractivity contribution is -0.0521. The third-order valence-corrected chi connectivity index (χ3v) is 2.39. The summed E-state index contributed by atoms with van der Waals surface area (Å²) < 4.78 is 41.6. The Morgan fingerprint density at radius 2 is 2.11 bits per heavy atom. The summed E-state index contributed by atoms with van der Waals surface area (Å²) in [6.45, 7) is -0.684. The van der Waals surface area contributed by atoms with E-state index >= 15 is 0 Å². The van der Waals surface area contributed by atoms with Crippen molar-refractivity contribution in [1.82, 2.24) is 0 Å². The largest absolute Gasteiger partial charge is 0.432 e. The molecule has 18 heavy (non-hydrogen) atoms. The third kappa shape index (κ3) is 3.43. The van der Waals surface area contributed by atoms with Crippen LogP contribution in [0.4, 0.5) is 24.5 Å². The van der Waals surface area contributed by atoms with Gasteiger partial charge in [-0.05, 0) is 6.92 Å². The molecule has 0 aliphatic heterocycles. The van der Waals surface area contributed by atoms with Crippen molar-refractivity contribution in [1.29, 1.82) is 0 Å². The maximum absolute atomic E-state index is 13.3. The first kappa shape index (κ1) is 14.4. The fraction of sp³-hybridized carbons (Fsp3) is 0.455. The average molecular weight is 264 g/mol. The van der Waals surface area contributed by atoms with Gasteiger partial charge in [-0.1, -0.05) is 0 Å². The second kappa shape index (κ2) is 6.34. The number of halogens is 3. The number of aliphatic hydroxyl groups excluding tert-OH is 1. The highest BCUT2D eigenvalue weighted by molar-refractivity contribution is 5.70. The first-order valence-corrected chi connectivity index (χ1v) is 5.39. The molecule has 3 N–H and O–H groups in total. The molecule has 0 saturated heterocycles. The van der Waals surface area contributed by atoms with Crippen LogP contribution in [0.3, 0.4) is 0 Å². The SMILES string of the molecule is CCN(CCO)c1cc(OC(F)F)c(F)cc1N. The quantitative estimate of drug-likeness (QED) is 0.770. The van der Waals surface area contributed by atoms with Gasteiger partial charge in [-0.25, -0.2) is 4.39 Å². The zero-order chi connectivity index (χ0) is 13.7. The molecule has 0 amide bonds. The van der Waals surface area contributed by atoms with Gasteiger partial charge in [-0.3, -0.25) is 0 Å². The number of hydrogen-bond acceptors (Lipinski definition) is 4. The van der Waals surface area contributed by atoms with Crippen molar-refractivity contribution < 1.29 is 23.0 Å². The Kier molecular flexibility index (Phi) is 5.08. The fourth-order valence-electron chi connectivity index (χ4n) is 1.59. The number of aliphatic hydroxyl groups is 1. The van der Waals surface area contributed by atoms with E-state index in [1.807, 2.05) is 0 Å². The number of benzene rings is 1. The van der Waals surface area contributed by atoms with Crippen molar-refractivity contribution in [2.24, 2.45) is 0 Å². The van der Waals surface area contributed by atoms with Gasteiger partial charge in [-0.2, -0.15) is 8.78 Å². The number of nitrogens with two attached hydrogens (primary N) is 1. The number of nitrogens with zero attached hydrogens (tertiary/aromatic N) is 1. The van der Waals surface area contributed by atoms with Crippen molar-refractivity contribution in [3.05, 3.63) is 17.9 Å². The smallest absolute Gasteiger partial charge is 0.387 e. The standard InChI is InChI=1S/C11H15F3N2O2/c1-2-16(3-4-17)9-6-10(18-11(13)14)7(12)5-8(9)15/h5-6,11,17H,2-4,15H2,1H3. The van der Waals surface area contributed by atoms with Gasteiger partial charge >= 0.3 is 6.61 Å². The van der Waals surface area contributed by atoms with Crippen molar-refractivity contribution in [3.8, 4) is 5.75 Å². The summed E-state index contributed by atoms with van der Waals surface area (Å²) in [4.78, 5) is 1.63. The predicted molar refractivity (Wildman–Crippen MR) is 62.4 cm³/mol. The molecule has 0 spiro atoms. The van der Waals surface area contributed by atoms with E-state index in [2.05, 4.69) is 4.74 Å². The molecule has 0 aliphatic carbocycles. The number of hydrogen-bond donors (Lipinski definition) is 2. The Morgan fingerprint density at radius 3 is 2.61 bits per heavy atom. The zero-order valence-electron chi connectivity index (χ0n) is 9.87. The molecule has 1 aromatic carbocycles.